The van der Waals surface area contributed by atoms with Crippen LogP contribution in [0.25, 0.3) is 0 Å². The molecule has 1 aliphatic heterocycles. The number of ether oxygens (including phenoxy) is 1. The van der Waals surface area contributed by atoms with Crippen LogP contribution in [0.4, 0.5) is 4.39 Å². The maximum atomic E-state index is 12.9. The molecule has 0 spiro atoms. The van der Waals surface area contributed by atoms with E-state index in [0.717, 1.165) is 26.1 Å². The Morgan fingerprint density at radius 3 is 2.77 bits per heavy atom. The van der Waals surface area contributed by atoms with Gasteiger partial charge >= 0.3 is 0 Å². The van der Waals surface area contributed by atoms with Gasteiger partial charge < -0.3 is 4.74 Å². The smallest absolute Gasteiger partial charge is 0.114 e. The van der Waals surface area contributed by atoms with E-state index in [1.165, 1.54) is 12.8 Å². The summed E-state index contributed by atoms with van der Waals surface area (Å²) >= 11 is 0. The van der Waals surface area contributed by atoms with Gasteiger partial charge in [-0.3, -0.25) is 4.90 Å². The number of hydrogen-bond acceptors (Lipinski definition) is 2. The van der Waals surface area contributed by atoms with Crippen LogP contribution in [0.2, 0.25) is 0 Å². The third-order valence-electron chi connectivity index (χ3n) is 3.18. The largest absolute Gasteiger partial charge is 0.384 e. The van der Waals surface area contributed by atoms with Crippen LogP contribution in [-0.2, 0) is 4.74 Å². The Balaban J connectivity index is 1.77. The molecule has 2 fully saturated rings. The van der Waals surface area contributed by atoms with Crippen molar-refractivity contribution in [3.63, 3.8) is 0 Å². The van der Waals surface area contributed by atoms with Gasteiger partial charge in [0.25, 0.3) is 0 Å². The van der Waals surface area contributed by atoms with Crippen LogP contribution in [-0.4, -0.2) is 44.4 Å². The number of halogens is 1. The number of methoxy groups -OCH3 is 1. The fraction of sp³-hybridized carbons (Fsp3) is 1.00. The van der Waals surface area contributed by atoms with Gasteiger partial charge in [-0.05, 0) is 19.3 Å². The lowest BCUT2D eigenvalue weighted by atomic mass is 10.1. The van der Waals surface area contributed by atoms with E-state index in [1.54, 1.807) is 7.11 Å². The Kier molecular flexibility index (Phi) is 2.56. The number of nitrogens with zero attached hydrogens (tertiary/aromatic N) is 1. The fourth-order valence-corrected chi connectivity index (χ4v) is 2.23. The summed E-state index contributed by atoms with van der Waals surface area (Å²) in [6.07, 6.45) is 2.66. The monoisotopic (exact) mass is 187 g/mol. The first-order valence-corrected chi connectivity index (χ1v) is 5.09. The maximum absolute atomic E-state index is 12.9. The Hall–Kier alpha value is -0.150. The molecule has 0 aromatic carbocycles. The van der Waals surface area contributed by atoms with E-state index >= 15 is 0 Å². The molecule has 1 heterocycles. The number of likely N-dealkylation sites (tertiary alicyclic amines) is 1. The molecule has 3 heteroatoms. The second-order valence-corrected chi connectivity index (χ2v) is 4.55. The van der Waals surface area contributed by atoms with Gasteiger partial charge in [0, 0.05) is 32.2 Å². The summed E-state index contributed by atoms with van der Waals surface area (Å²) in [5.41, 5.74) is 0.388. The lowest BCUT2D eigenvalue weighted by Gasteiger charge is -2.21. The van der Waals surface area contributed by atoms with Gasteiger partial charge in [0.1, 0.15) is 6.17 Å². The van der Waals surface area contributed by atoms with E-state index in [9.17, 15) is 4.39 Å². The minimum absolute atomic E-state index is 0.388. The van der Waals surface area contributed by atoms with E-state index in [-0.39, 0.29) is 0 Å². The van der Waals surface area contributed by atoms with Gasteiger partial charge in [-0.2, -0.15) is 0 Å². The molecule has 0 radical (unpaired) electrons. The predicted molar refractivity (Wildman–Crippen MR) is 49.5 cm³/mol. The Bertz CT molecular complexity index is 182. The number of alkyl halides is 1. The summed E-state index contributed by atoms with van der Waals surface area (Å²) in [7, 11) is 1.75. The van der Waals surface area contributed by atoms with Gasteiger partial charge in [0.2, 0.25) is 0 Å². The molecule has 1 saturated carbocycles. The van der Waals surface area contributed by atoms with Crippen LogP contribution in [0.3, 0.4) is 0 Å². The predicted octanol–water partition coefficient (Wildman–Crippen LogP) is 1.46. The first kappa shape index (κ1) is 9.41. The molecule has 0 amide bonds. The summed E-state index contributed by atoms with van der Waals surface area (Å²) in [6, 6.07) is 0. The Morgan fingerprint density at radius 1 is 1.54 bits per heavy atom. The lowest BCUT2D eigenvalue weighted by Crippen LogP contribution is -2.31. The molecule has 1 unspecified atom stereocenters. The normalized spacial score (nSPS) is 32.3. The van der Waals surface area contributed by atoms with Crippen molar-refractivity contribution in [2.75, 3.05) is 33.4 Å². The molecule has 0 N–H and O–H groups in total. The van der Waals surface area contributed by atoms with E-state index in [2.05, 4.69) is 4.90 Å². The van der Waals surface area contributed by atoms with E-state index in [1.807, 2.05) is 0 Å². The molecule has 0 bridgehead atoms. The summed E-state index contributed by atoms with van der Waals surface area (Å²) in [5.74, 6) is 0. The van der Waals surface area contributed by atoms with Gasteiger partial charge in [-0.15, -0.1) is 0 Å². The molecule has 1 saturated heterocycles. The van der Waals surface area contributed by atoms with Crippen LogP contribution < -0.4 is 0 Å². The molecule has 0 aromatic rings. The second-order valence-electron chi connectivity index (χ2n) is 4.55. The zero-order chi connectivity index (χ0) is 9.31. The van der Waals surface area contributed by atoms with Crippen LogP contribution >= 0.6 is 0 Å². The van der Waals surface area contributed by atoms with Crippen molar-refractivity contribution in [1.29, 1.82) is 0 Å². The second kappa shape index (κ2) is 3.54. The highest BCUT2D eigenvalue weighted by atomic mass is 19.1. The molecule has 1 aliphatic carbocycles. The van der Waals surface area contributed by atoms with Crippen molar-refractivity contribution in [2.45, 2.75) is 25.4 Å². The van der Waals surface area contributed by atoms with Crippen LogP contribution in [0.1, 0.15) is 19.3 Å². The summed E-state index contributed by atoms with van der Waals surface area (Å²) in [4.78, 5) is 2.25. The lowest BCUT2D eigenvalue weighted by molar-refractivity contribution is 0.113. The van der Waals surface area contributed by atoms with Gasteiger partial charge in [-0.1, -0.05) is 0 Å². The average Bonchev–Trinajstić information content (AvgIpc) is 2.70. The van der Waals surface area contributed by atoms with E-state index < -0.39 is 6.17 Å². The molecule has 76 valence electrons. The number of rotatable bonds is 4. The highest BCUT2D eigenvalue weighted by Gasteiger charge is 2.44. The van der Waals surface area contributed by atoms with E-state index in [4.69, 9.17) is 4.74 Å². The maximum Gasteiger partial charge on any atom is 0.114 e. The average molecular weight is 187 g/mol. The molecular formula is C10H18FNO. The standard InChI is InChI=1S/C10H18FNO/c1-13-8-10(3-4-10)7-12-5-2-9(11)6-12/h9H,2-8H2,1H3. The summed E-state index contributed by atoms with van der Waals surface area (Å²) in [5, 5.41) is 0. The first-order valence-electron chi connectivity index (χ1n) is 5.09. The van der Waals surface area contributed by atoms with Crippen molar-refractivity contribution in [2.24, 2.45) is 5.41 Å². The van der Waals surface area contributed by atoms with Crippen molar-refractivity contribution in [3.05, 3.63) is 0 Å². The first-order chi connectivity index (χ1) is 6.24. The highest BCUT2D eigenvalue weighted by Crippen LogP contribution is 2.46. The third-order valence-corrected chi connectivity index (χ3v) is 3.18. The quantitative estimate of drug-likeness (QED) is 0.660. The van der Waals surface area contributed by atoms with Crippen molar-refractivity contribution in [1.82, 2.24) is 4.90 Å². The Labute approximate surface area is 79.1 Å². The molecular weight excluding hydrogens is 169 g/mol. The molecule has 13 heavy (non-hydrogen) atoms. The Morgan fingerprint density at radius 2 is 2.31 bits per heavy atom. The summed E-state index contributed by atoms with van der Waals surface area (Å²) in [6.45, 7) is 3.47. The van der Waals surface area contributed by atoms with Gasteiger partial charge in [0.05, 0.1) is 6.61 Å². The molecule has 0 aromatic heterocycles. The third kappa shape index (κ3) is 2.20. The van der Waals surface area contributed by atoms with Crippen LogP contribution in [0, 0.1) is 5.41 Å². The SMILES string of the molecule is COCC1(CN2CCC(F)C2)CC1. The summed E-state index contributed by atoms with van der Waals surface area (Å²) < 4.78 is 18.1. The van der Waals surface area contributed by atoms with Crippen molar-refractivity contribution >= 4 is 0 Å². The highest BCUT2D eigenvalue weighted by molar-refractivity contribution is 4.96. The minimum atomic E-state index is -0.585. The fourth-order valence-electron chi connectivity index (χ4n) is 2.23. The van der Waals surface area contributed by atoms with Crippen LogP contribution in [0.5, 0.6) is 0 Å². The minimum Gasteiger partial charge on any atom is -0.384 e. The number of hydrogen-bond donors (Lipinski definition) is 0. The molecule has 2 rings (SSSR count). The van der Waals surface area contributed by atoms with Crippen LogP contribution in [0.15, 0.2) is 0 Å². The molecule has 2 aliphatic rings. The van der Waals surface area contributed by atoms with Gasteiger partial charge in [-0.25, -0.2) is 4.39 Å². The molecule has 1 atom stereocenters. The molecule has 2 nitrogen and oxygen atoms in total. The van der Waals surface area contributed by atoms with Gasteiger partial charge in [0.15, 0.2) is 0 Å². The zero-order valence-corrected chi connectivity index (χ0v) is 8.26. The topological polar surface area (TPSA) is 12.5 Å². The van der Waals surface area contributed by atoms with Crippen molar-refractivity contribution in [3.8, 4) is 0 Å². The van der Waals surface area contributed by atoms with E-state index in [0.29, 0.717) is 12.0 Å². The van der Waals surface area contributed by atoms with Crippen molar-refractivity contribution < 1.29 is 9.13 Å². The zero-order valence-electron chi connectivity index (χ0n) is 8.26.